The summed E-state index contributed by atoms with van der Waals surface area (Å²) in [6, 6.07) is 0. The van der Waals surface area contributed by atoms with E-state index in [0.717, 1.165) is 12.3 Å². The standard InChI is InChI=1S/C11H20O/c1-8(2)7-10-5-6-11(10,4)9(3)12/h8,10H,5-7H2,1-4H3. The minimum absolute atomic E-state index is 0.0320. The van der Waals surface area contributed by atoms with Crippen molar-refractivity contribution in [2.24, 2.45) is 17.3 Å². The van der Waals surface area contributed by atoms with Gasteiger partial charge < -0.3 is 0 Å². The Morgan fingerprint density at radius 1 is 1.58 bits per heavy atom. The number of Topliss-reactive ketones (excluding diaryl/α,β-unsaturated/α-hetero) is 1. The molecule has 0 saturated heterocycles. The van der Waals surface area contributed by atoms with Gasteiger partial charge in [-0.25, -0.2) is 0 Å². The van der Waals surface area contributed by atoms with E-state index in [1.165, 1.54) is 12.8 Å². The highest BCUT2D eigenvalue weighted by Gasteiger charge is 2.45. The molecule has 0 aliphatic heterocycles. The average Bonchev–Trinajstić information content (AvgIpc) is 1.96. The number of hydrogen-bond acceptors (Lipinski definition) is 1. The lowest BCUT2D eigenvalue weighted by Crippen LogP contribution is -2.43. The van der Waals surface area contributed by atoms with Crippen LogP contribution in [0.4, 0.5) is 0 Å². The van der Waals surface area contributed by atoms with Gasteiger partial charge in [0, 0.05) is 5.41 Å². The molecule has 12 heavy (non-hydrogen) atoms. The molecule has 0 aromatic rings. The van der Waals surface area contributed by atoms with Crippen LogP contribution in [0, 0.1) is 17.3 Å². The topological polar surface area (TPSA) is 17.1 Å². The second-order valence-corrected chi connectivity index (χ2v) is 4.84. The van der Waals surface area contributed by atoms with E-state index in [-0.39, 0.29) is 5.41 Å². The van der Waals surface area contributed by atoms with Gasteiger partial charge in [0.05, 0.1) is 0 Å². The average molecular weight is 168 g/mol. The van der Waals surface area contributed by atoms with E-state index in [2.05, 4.69) is 20.8 Å². The van der Waals surface area contributed by atoms with Gasteiger partial charge in [0.15, 0.2) is 0 Å². The lowest BCUT2D eigenvalue weighted by Gasteiger charge is -2.46. The zero-order valence-electron chi connectivity index (χ0n) is 8.68. The highest BCUT2D eigenvalue weighted by atomic mass is 16.1. The van der Waals surface area contributed by atoms with Crippen molar-refractivity contribution in [3.05, 3.63) is 0 Å². The fourth-order valence-electron chi connectivity index (χ4n) is 2.19. The zero-order chi connectivity index (χ0) is 9.35. The summed E-state index contributed by atoms with van der Waals surface area (Å²) in [6.07, 6.45) is 3.59. The van der Waals surface area contributed by atoms with E-state index in [9.17, 15) is 4.79 Å². The molecule has 2 unspecified atom stereocenters. The first kappa shape index (κ1) is 9.76. The van der Waals surface area contributed by atoms with Gasteiger partial charge in [-0.2, -0.15) is 0 Å². The van der Waals surface area contributed by atoms with Crippen LogP contribution >= 0.6 is 0 Å². The molecule has 1 heteroatoms. The van der Waals surface area contributed by atoms with Gasteiger partial charge in [-0.1, -0.05) is 20.8 Å². The van der Waals surface area contributed by atoms with Crippen LogP contribution in [0.2, 0.25) is 0 Å². The van der Waals surface area contributed by atoms with Crippen molar-refractivity contribution < 1.29 is 4.79 Å². The second kappa shape index (κ2) is 3.20. The highest BCUT2D eigenvalue weighted by molar-refractivity contribution is 5.83. The molecule has 0 aromatic heterocycles. The molecular formula is C11H20O. The third-order valence-corrected chi connectivity index (χ3v) is 3.47. The van der Waals surface area contributed by atoms with Crippen LogP contribution < -0.4 is 0 Å². The molecule has 0 heterocycles. The Kier molecular flexibility index (Phi) is 2.60. The molecule has 0 spiro atoms. The van der Waals surface area contributed by atoms with Crippen LogP contribution in [0.15, 0.2) is 0 Å². The predicted molar refractivity (Wildman–Crippen MR) is 51.0 cm³/mol. The molecular weight excluding hydrogens is 148 g/mol. The monoisotopic (exact) mass is 168 g/mol. The molecule has 1 rings (SSSR count). The molecule has 0 N–H and O–H groups in total. The molecule has 1 fully saturated rings. The highest BCUT2D eigenvalue weighted by Crippen LogP contribution is 2.49. The van der Waals surface area contributed by atoms with E-state index in [1.54, 1.807) is 6.92 Å². The van der Waals surface area contributed by atoms with Gasteiger partial charge in [-0.05, 0) is 38.0 Å². The summed E-state index contributed by atoms with van der Waals surface area (Å²) in [4.78, 5) is 11.3. The second-order valence-electron chi connectivity index (χ2n) is 4.84. The van der Waals surface area contributed by atoms with Crippen molar-refractivity contribution in [3.63, 3.8) is 0 Å². The first-order valence-electron chi connectivity index (χ1n) is 4.98. The van der Waals surface area contributed by atoms with Gasteiger partial charge in [0.2, 0.25) is 0 Å². The van der Waals surface area contributed by atoms with E-state index in [0.29, 0.717) is 11.7 Å². The summed E-state index contributed by atoms with van der Waals surface area (Å²) in [6.45, 7) is 8.34. The molecule has 1 saturated carbocycles. The Balaban J connectivity index is 2.53. The molecule has 1 nitrogen and oxygen atoms in total. The summed E-state index contributed by atoms with van der Waals surface area (Å²) in [5.74, 6) is 1.78. The first-order valence-corrected chi connectivity index (χ1v) is 4.98. The Labute approximate surface area is 75.5 Å². The van der Waals surface area contributed by atoms with Gasteiger partial charge in [-0.3, -0.25) is 4.79 Å². The summed E-state index contributed by atoms with van der Waals surface area (Å²) in [7, 11) is 0. The van der Waals surface area contributed by atoms with E-state index >= 15 is 0 Å². The van der Waals surface area contributed by atoms with Crippen molar-refractivity contribution in [2.75, 3.05) is 0 Å². The minimum Gasteiger partial charge on any atom is -0.299 e. The Morgan fingerprint density at radius 3 is 2.42 bits per heavy atom. The van der Waals surface area contributed by atoms with Crippen LogP contribution in [0.3, 0.4) is 0 Å². The van der Waals surface area contributed by atoms with Crippen LogP contribution in [0.5, 0.6) is 0 Å². The fraction of sp³-hybridized carbons (Fsp3) is 0.909. The van der Waals surface area contributed by atoms with Crippen molar-refractivity contribution >= 4 is 5.78 Å². The van der Waals surface area contributed by atoms with Crippen LogP contribution in [-0.2, 0) is 4.79 Å². The molecule has 0 amide bonds. The largest absolute Gasteiger partial charge is 0.299 e. The number of hydrogen-bond donors (Lipinski definition) is 0. The third-order valence-electron chi connectivity index (χ3n) is 3.47. The van der Waals surface area contributed by atoms with Gasteiger partial charge in [0.25, 0.3) is 0 Å². The normalized spacial score (nSPS) is 34.9. The first-order chi connectivity index (χ1) is 5.47. The van der Waals surface area contributed by atoms with E-state index in [1.807, 2.05) is 0 Å². The molecule has 70 valence electrons. The maximum Gasteiger partial charge on any atom is 0.135 e. The maximum atomic E-state index is 11.3. The van der Waals surface area contributed by atoms with Crippen molar-refractivity contribution in [2.45, 2.75) is 47.0 Å². The Hall–Kier alpha value is -0.330. The van der Waals surface area contributed by atoms with Crippen LogP contribution in [0.1, 0.15) is 47.0 Å². The van der Waals surface area contributed by atoms with Crippen molar-refractivity contribution in [1.29, 1.82) is 0 Å². The SMILES string of the molecule is CC(=O)C1(C)CCC1CC(C)C. The summed E-state index contributed by atoms with van der Waals surface area (Å²) in [5, 5.41) is 0. The van der Waals surface area contributed by atoms with Crippen molar-refractivity contribution in [3.8, 4) is 0 Å². The number of ketones is 1. The predicted octanol–water partition coefficient (Wildman–Crippen LogP) is 3.04. The lowest BCUT2D eigenvalue weighted by atomic mass is 9.57. The van der Waals surface area contributed by atoms with Crippen LogP contribution in [0.25, 0.3) is 0 Å². The summed E-state index contributed by atoms with van der Waals surface area (Å²) in [5.41, 5.74) is 0.0320. The number of rotatable bonds is 3. The van der Waals surface area contributed by atoms with E-state index in [4.69, 9.17) is 0 Å². The summed E-state index contributed by atoms with van der Waals surface area (Å²) < 4.78 is 0. The minimum atomic E-state index is 0.0320. The fourth-order valence-corrected chi connectivity index (χ4v) is 2.19. The molecule has 0 radical (unpaired) electrons. The van der Waals surface area contributed by atoms with Crippen molar-refractivity contribution in [1.82, 2.24) is 0 Å². The summed E-state index contributed by atoms with van der Waals surface area (Å²) >= 11 is 0. The van der Waals surface area contributed by atoms with Gasteiger partial charge >= 0.3 is 0 Å². The number of carbonyl (C=O) groups is 1. The molecule has 0 aromatic carbocycles. The van der Waals surface area contributed by atoms with Gasteiger partial charge in [-0.15, -0.1) is 0 Å². The molecule has 2 atom stereocenters. The quantitative estimate of drug-likeness (QED) is 0.633. The zero-order valence-corrected chi connectivity index (χ0v) is 8.68. The lowest BCUT2D eigenvalue weighted by molar-refractivity contribution is -0.136. The molecule has 1 aliphatic carbocycles. The third kappa shape index (κ3) is 1.55. The molecule has 1 aliphatic rings. The molecule has 0 bridgehead atoms. The van der Waals surface area contributed by atoms with Crippen LogP contribution in [-0.4, -0.2) is 5.78 Å². The number of carbonyl (C=O) groups excluding carboxylic acids is 1. The van der Waals surface area contributed by atoms with Gasteiger partial charge in [0.1, 0.15) is 5.78 Å². The van der Waals surface area contributed by atoms with E-state index < -0.39 is 0 Å². The smallest absolute Gasteiger partial charge is 0.135 e. The Bertz CT molecular complexity index is 183. The Morgan fingerprint density at radius 2 is 2.17 bits per heavy atom. The maximum absolute atomic E-state index is 11.3.